The molecule has 2 amide bonds. The fourth-order valence-corrected chi connectivity index (χ4v) is 2.89. The van der Waals surface area contributed by atoms with Crippen molar-refractivity contribution in [1.29, 1.82) is 0 Å². The summed E-state index contributed by atoms with van der Waals surface area (Å²) in [4.78, 5) is 29.7. The van der Waals surface area contributed by atoms with Gasteiger partial charge in [-0.05, 0) is 6.42 Å². The average molecular weight is 274 g/mol. The van der Waals surface area contributed by atoms with Gasteiger partial charge in [0.25, 0.3) is 0 Å². The zero-order chi connectivity index (χ0) is 12.4. The van der Waals surface area contributed by atoms with Gasteiger partial charge >= 0.3 is 0 Å². The van der Waals surface area contributed by atoms with Crippen LogP contribution >= 0.6 is 22.9 Å². The molecule has 1 fully saturated rings. The number of piperazine rings is 1. The molecule has 1 atom stereocenters. The molecule has 1 aromatic heterocycles. The molecule has 5 nitrogen and oxygen atoms in total. The van der Waals surface area contributed by atoms with Gasteiger partial charge < -0.3 is 0 Å². The molecule has 0 aromatic carbocycles. The predicted molar refractivity (Wildman–Crippen MR) is 64.8 cm³/mol. The molecule has 1 unspecified atom stereocenters. The first kappa shape index (κ1) is 12.5. The number of carbonyl (C=O) groups is 2. The number of nitrogens with one attached hydrogen (secondary N) is 1. The molecule has 1 aromatic rings. The Labute approximate surface area is 108 Å². The van der Waals surface area contributed by atoms with Gasteiger partial charge in [-0.25, -0.2) is 4.98 Å². The van der Waals surface area contributed by atoms with Gasteiger partial charge in [0.1, 0.15) is 0 Å². The second kappa shape index (κ2) is 5.12. The minimum absolute atomic E-state index is 0.223. The van der Waals surface area contributed by atoms with Crippen LogP contribution in [0.2, 0.25) is 4.47 Å². The Hall–Kier alpha value is -0.980. The Balaban J connectivity index is 2.11. The highest BCUT2D eigenvalue weighted by atomic mass is 35.5. The van der Waals surface area contributed by atoms with Crippen molar-refractivity contribution < 1.29 is 9.59 Å². The first-order valence-corrected chi connectivity index (χ1v) is 6.47. The van der Waals surface area contributed by atoms with Crippen LogP contribution in [0.5, 0.6) is 0 Å². The molecule has 2 rings (SSSR count). The minimum Gasteiger partial charge on any atom is -0.294 e. The highest BCUT2D eigenvalue weighted by molar-refractivity contribution is 7.15. The fourth-order valence-electron chi connectivity index (χ4n) is 1.89. The predicted octanol–water partition coefficient (Wildman–Crippen LogP) is 1.03. The Morgan fingerprint density at radius 1 is 1.65 bits per heavy atom. The summed E-state index contributed by atoms with van der Waals surface area (Å²) in [6.07, 6.45) is 2.35. The smallest absolute Gasteiger partial charge is 0.243 e. The van der Waals surface area contributed by atoms with Crippen molar-refractivity contribution in [3.63, 3.8) is 0 Å². The van der Waals surface area contributed by atoms with Gasteiger partial charge in [-0.3, -0.25) is 19.8 Å². The maximum absolute atomic E-state index is 11.6. The monoisotopic (exact) mass is 273 g/mol. The summed E-state index contributed by atoms with van der Waals surface area (Å²) in [7, 11) is 0. The number of hydrogen-bond donors (Lipinski definition) is 1. The van der Waals surface area contributed by atoms with E-state index in [9.17, 15) is 9.59 Å². The molecule has 0 radical (unpaired) electrons. The first-order chi connectivity index (χ1) is 8.10. The van der Waals surface area contributed by atoms with Crippen molar-refractivity contribution in [2.75, 3.05) is 6.54 Å². The molecule has 0 bridgehead atoms. The third-order valence-electron chi connectivity index (χ3n) is 2.62. The van der Waals surface area contributed by atoms with Crippen LogP contribution < -0.4 is 5.32 Å². The van der Waals surface area contributed by atoms with Crippen LogP contribution in [0.1, 0.15) is 18.2 Å². The van der Waals surface area contributed by atoms with Gasteiger partial charge in [-0.1, -0.05) is 18.5 Å². The molecule has 1 aliphatic rings. The molecule has 92 valence electrons. The normalized spacial score (nSPS) is 21.6. The van der Waals surface area contributed by atoms with Crippen molar-refractivity contribution >= 4 is 34.8 Å². The lowest BCUT2D eigenvalue weighted by Crippen LogP contribution is -2.57. The van der Waals surface area contributed by atoms with E-state index >= 15 is 0 Å². The van der Waals surface area contributed by atoms with E-state index in [-0.39, 0.29) is 24.4 Å². The standard InChI is InChI=1S/C10H12ClN3O2S/c1-2-7-9(16)13-8(15)5-14(7)4-6-3-12-10(11)17-6/h3,7H,2,4-5H2,1H3,(H,13,15,16). The number of halogens is 1. The van der Waals surface area contributed by atoms with Crippen LogP contribution in [-0.2, 0) is 16.1 Å². The molecule has 0 aliphatic carbocycles. The molecule has 1 aliphatic heterocycles. The molecule has 0 spiro atoms. The van der Waals surface area contributed by atoms with E-state index < -0.39 is 0 Å². The Morgan fingerprint density at radius 3 is 3.00 bits per heavy atom. The van der Waals surface area contributed by atoms with E-state index in [2.05, 4.69) is 10.3 Å². The number of aromatic nitrogens is 1. The van der Waals surface area contributed by atoms with Gasteiger partial charge in [0.05, 0.1) is 12.6 Å². The van der Waals surface area contributed by atoms with Crippen LogP contribution in [0, 0.1) is 0 Å². The third kappa shape index (κ3) is 2.83. The second-order valence-electron chi connectivity index (χ2n) is 3.82. The quantitative estimate of drug-likeness (QED) is 0.836. The van der Waals surface area contributed by atoms with Crippen LogP contribution in [-0.4, -0.2) is 34.3 Å². The molecule has 17 heavy (non-hydrogen) atoms. The van der Waals surface area contributed by atoms with Gasteiger partial charge in [-0.2, -0.15) is 0 Å². The van der Waals surface area contributed by atoms with Crippen molar-refractivity contribution in [1.82, 2.24) is 15.2 Å². The summed E-state index contributed by atoms with van der Waals surface area (Å²) >= 11 is 7.11. The number of amides is 2. The van der Waals surface area contributed by atoms with E-state index in [0.29, 0.717) is 17.4 Å². The molecule has 7 heteroatoms. The Morgan fingerprint density at radius 2 is 2.41 bits per heavy atom. The summed E-state index contributed by atoms with van der Waals surface area (Å²) < 4.78 is 0.473. The fraction of sp³-hybridized carbons (Fsp3) is 0.500. The Bertz CT molecular complexity index is 449. The van der Waals surface area contributed by atoms with E-state index in [4.69, 9.17) is 11.6 Å². The maximum atomic E-state index is 11.6. The second-order valence-corrected chi connectivity index (χ2v) is 5.52. The molecular formula is C10H12ClN3O2S. The number of carbonyl (C=O) groups excluding carboxylic acids is 2. The summed E-state index contributed by atoms with van der Waals surface area (Å²) in [6, 6.07) is -0.256. The Kier molecular flexibility index (Phi) is 3.76. The van der Waals surface area contributed by atoms with Gasteiger partial charge in [-0.15, -0.1) is 11.3 Å². The molecule has 0 saturated carbocycles. The van der Waals surface area contributed by atoms with Gasteiger partial charge in [0.2, 0.25) is 11.8 Å². The lowest BCUT2D eigenvalue weighted by Gasteiger charge is -2.32. The summed E-state index contributed by atoms with van der Waals surface area (Å²) in [5, 5.41) is 2.34. The number of thiazole rings is 1. The number of rotatable bonds is 3. The molecule has 1 saturated heterocycles. The third-order valence-corrected chi connectivity index (χ3v) is 3.72. The molecular weight excluding hydrogens is 262 g/mol. The lowest BCUT2D eigenvalue weighted by molar-refractivity contribution is -0.140. The highest BCUT2D eigenvalue weighted by Gasteiger charge is 2.32. The zero-order valence-corrected chi connectivity index (χ0v) is 10.8. The average Bonchev–Trinajstić information content (AvgIpc) is 2.63. The van der Waals surface area contributed by atoms with Gasteiger partial charge in [0, 0.05) is 17.6 Å². The molecule has 1 N–H and O–H groups in total. The highest BCUT2D eigenvalue weighted by Crippen LogP contribution is 2.21. The minimum atomic E-state index is -0.256. The van der Waals surface area contributed by atoms with Crippen molar-refractivity contribution in [2.24, 2.45) is 0 Å². The van der Waals surface area contributed by atoms with Crippen molar-refractivity contribution in [2.45, 2.75) is 25.9 Å². The summed E-state index contributed by atoms with van der Waals surface area (Å²) in [5.41, 5.74) is 0. The van der Waals surface area contributed by atoms with Crippen LogP contribution in [0.4, 0.5) is 0 Å². The van der Waals surface area contributed by atoms with Gasteiger partial charge in [0.15, 0.2) is 4.47 Å². The van der Waals surface area contributed by atoms with E-state index in [0.717, 1.165) is 4.88 Å². The van der Waals surface area contributed by atoms with E-state index in [1.165, 1.54) is 11.3 Å². The van der Waals surface area contributed by atoms with E-state index in [1.807, 2.05) is 11.8 Å². The number of hydrogen-bond acceptors (Lipinski definition) is 5. The van der Waals surface area contributed by atoms with Crippen LogP contribution in [0.3, 0.4) is 0 Å². The molecule has 2 heterocycles. The van der Waals surface area contributed by atoms with Crippen LogP contribution in [0.25, 0.3) is 0 Å². The summed E-state index contributed by atoms with van der Waals surface area (Å²) in [6.45, 7) is 2.69. The first-order valence-electron chi connectivity index (χ1n) is 5.28. The zero-order valence-electron chi connectivity index (χ0n) is 9.27. The number of imide groups is 1. The summed E-state index contributed by atoms with van der Waals surface area (Å²) in [5.74, 6) is -0.477. The van der Waals surface area contributed by atoms with Crippen molar-refractivity contribution in [3.05, 3.63) is 15.5 Å². The van der Waals surface area contributed by atoms with Crippen molar-refractivity contribution in [3.8, 4) is 0 Å². The topological polar surface area (TPSA) is 62.3 Å². The SMILES string of the molecule is CCC1C(=O)NC(=O)CN1Cc1cnc(Cl)s1. The largest absolute Gasteiger partial charge is 0.294 e. The lowest BCUT2D eigenvalue weighted by atomic mass is 10.1. The van der Waals surface area contributed by atoms with Crippen LogP contribution in [0.15, 0.2) is 6.20 Å². The van der Waals surface area contributed by atoms with E-state index in [1.54, 1.807) is 6.20 Å². The maximum Gasteiger partial charge on any atom is 0.243 e. The number of nitrogens with zero attached hydrogens (tertiary/aromatic N) is 2.